The molecule has 0 aliphatic heterocycles. The quantitative estimate of drug-likeness (QED) is 0.118. The Morgan fingerprint density at radius 1 is 0.515 bits per heavy atom. The van der Waals surface area contributed by atoms with E-state index in [4.69, 9.17) is 15.0 Å². The van der Waals surface area contributed by atoms with Crippen LogP contribution in [0.3, 0.4) is 0 Å². The van der Waals surface area contributed by atoms with Gasteiger partial charge in [0.15, 0.2) is 17.5 Å². The van der Waals surface area contributed by atoms with Crippen LogP contribution in [0.5, 0.6) is 0 Å². The van der Waals surface area contributed by atoms with E-state index >= 15 is 0 Å². The standard InChI is InChI=1S/C65H47N3/c1-4-6-25-49-45(41(3)5-2)37-38-50-52-40-44(62-66-61(43-22-8-7-9-23-43)67-63(68-62)51-29-20-24-42-21-10-11-26-46(42)51)36-39-55(52)65(60(49)50)58-34-18-16-32-56(58)64(57-33-17-19-35-59(57)65)53-30-14-12-27-47(53)48-28-13-15-31-54(48)64/h4-24,26-40,45,49H,2-3,25H2,1H3/b6-4-. The highest BCUT2D eigenvalue weighted by molar-refractivity contribution is 5.98. The van der Waals surface area contributed by atoms with Crippen LogP contribution < -0.4 is 0 Å². The molecule has 1 aromatic heterocycles. The number of benzene rings is 8. The lowest BCUT2D eigenvalue weighted by atomic mass is 9.50. The van der Waals surface area contributed by atoms with Crippen LogP contribution >= 0.6 is 0 Å². The maximum absolute atomic E-state index is 5.36. The largest absolute Gasteiger partial charge is 0.208 e. The van der Waals surface area contributed by atoms with E-state index in [0.29, 0.717) is 17.5 Å². The van der Waals surface area contributed by atoms with Crippen LogP contribution in [-0.4, -0.2) is 15.0 Å². The summed E-state index contributed by atoms with van der Waals surface area (Å²) >= 11 is 0. The SMILES string of the molecule is C=CC(=C)C1C=CC2=C(C1C/C=C\C)C1(c3ccc(-c4nc(-c5ccccc5)nc(-c5cccc6ccccc56)n4)cc32)c2ccccc2C2(c3ccccc3-c3ccccc32)c2ccccc21. The van der Waals surface area contributed by atoms with Crippen molar-refractivity contribution in [2.75, 3.05) is 0 Å². The number of fused-ring (bicyclic) bond motifs is 16. The van der Waals surface area contributed by atoms with Gasteiger partial charge in [-0.2, -0.15) is 0 Å². The fourth-order valence-corrected chi connectivity index (χ4v) is 12.7. The smallest absolute Gasteiger partial charge is 0.164 e. The Morgan fingerprint density at radius 2 is 1.04 bits per heavy atom. The van der Waals surface area contributed by atoms with Crippen molar-refractivity contribution in [3.05, 3.63) is 287 Å². The molecule has 68 heavy (non-hydrogen) atoms. The Balaban J connectivity index is 1.12. The average Bonchev–Trinajstić information content (AvgIpc) is 3.87. The van der Waals surface area contributed by atoms with Crippen molar-refractivity contribution in [3.8, 4) is 45.3 Å². The molecule has 2 unspecified atom stereocenters. The first-order chi connectivity index (χ1) is 33.6. The van der Waals surface area contributed by atoms with Gasteiger partial charge in [0.1, 0.15) is 0 Å². The Hall–Kier alpha value is -8.27. The molecule has 9 aromatic rings. The minimum atomic E-state index is -0.646. The number of aromatic nitrogens is 3. The van der Waals surface area contributed by atoms with Gasteiger partial charge in [-0.3, -0.25) is 0 Å². The maximum atomic E-state index is 5.36. The summed E-state index contributed by atoms with van der Waals surface area (Å²) in [7, 11) is 0. The van der Waals surface area contributed by atoms with Gasteiger partial charge in [-0.05, 0) is 108 Å². The van der Waals surface area contributed by atoms with E-state index in [2.05, 4.69) is 214 Å². The summed E-state index contributed by atoms with van der Waals surface area (Å²) in [6, 6.07) is 69.0. The highest BCUT2D eigenvalue weighted by atomic mass is 15.0. The molecule has 2 atom stereocenters. The highest BCUT2D eigenvalue weighted by Gasteiger charge is 2.61. The molecular formula is C65H47N3. The summed E-state index contributed by atoms with van der Waals surface area (Å²) in [6.07, 6.45) is 12.1. The van der Waals surface area contributed by atoms with Crippen molar-refractivity contribution in [2.45, 2.75) is 24.2 Å². The second kappa shape index (κ2) is 15.4. The molecule has 0 bridgehead atoms. The molecule has 4 aliphatic rings. The molecule has 0 radical (unpaired) electrons. The topological polar surface area (TPSA) is 38.7 Å². The molecular weight excluding hydrogens is 823 g/mol. The molecule has 0 saturated heterocycles. The number of hydrogen-bond donors (Lipinski definition) is 0. The van der Waals surface area contributed by atoms with E-state index in [0.717, 1.165) is 39.5 Å². The zero-order chi connectivity index (χ0) is 45.6. The summed E-state index contributed by atoms with van der Waals surface area (Å²) in [6.45, 7) is 11.1. The molecule has 3 nitrogen and oxygen atoms in total. The van der Waals surface area contributed by atoms with Crippen LogP contribution in [0.4, 0.5) is 0 Å². The van der Waals surface area contributed by atoms with Gasteiger partial charge < -0.3 is 0 Å². The minimum Gasteiger partial charge on any atom is -0.208 e. The van der Waals surface area contributed by atoms with Crippen molar-refractivity contribution in [2.24, 2.45) is 11.8 Å². The molecule has 8 aromatic carbocycles. The van der Waals surface area contributed by atoms with Crippen LogP contribution in [0.2, 0.25) is 0 Å². The first-order valence-electron chi connectivity index (χ1n) is 23.8. The fourth-order valence-electron chi connectivity index (χ4n) is 12.7. The first-order valence-corrected chi connectivity index (χ1v) is 23.8. The number of nitrogens with zero attached hydrogens (tertiary/aromatic N) is 3. The van der Waals surface area contributed by atoms with Gasteiger partial charge in [0.05, 0.1) is 10.8 Å². The lowest BCUT2D eigenvalue weighted by Crippen LogP contribution is -2.46. The Labute approximate surface area is 398 Å². The lowest BCUT2D eigenvalue weighted by molar-refractivity contribution is 0.459. The third-order valence-corrected chi connectivity index (χ3v) is 15.4. The molecule has 3 heteroatoms. The van der Waals surface area contributed by atoms with Gasteiger partial charge in [0.25, 0.3) is 0 Å². The monoisotopic (exact) mass is 869 g/mol. The van der Waals surface area contributed by atoms with Gasteiger partial charge in [-0.25, -0.2) is 15.0 Å². The predicted molar refractivity (Wildman–Crippen MR) is 279 cm³/mol. The molecule has 4 aliphatic carbocycles. The number of allylic oxidation sites excluding steroid dienone is 8. The summed E-state index contributed by atoms with van der Waals surface area (Å²) in [4.78, 5) is 15.8. The van der Waals surface area contributed by atoms with Crippen LogP contribution in [-0.2, 0) is 10.8 Å². The average molecular weight is 870 g/mol. The van der Waals surface area contributed by atoms with Crippen molar-refractivity contribution < 1.29 is 0 Å². The first kappa shape index (κ1) is 40.0. The summed E-state index contributed by atoms with van der Waals surface area (Å²) in [5.41, 5.74) is 18.4. The van der Waals surface area contributed by atoms with Crippen LogP contribution in [0, 0.1) is 11.8 Å². The van der Waals surface area contributed by atoms with Crippen LogP contribution in [0.15, 0.2) is 243 Å². The molecule has 322 valence electrons. The van der Waals surface area contributed by atoms with Gasteiger partial charge >= 0.3 is 0 Å². The summed E-state index contributed by atoms with van der Waals surface area (Å²) in [5.74, 6) is 2.07. The van der Waals surface area contributed by atoms with E-state index in [1.807, 2.05) is 24.3 Å². The third kappa shape index (κ3) is 5.44. The van der Waals surface area contributed by atoms with E-state index in [1.54, 1.807) is 0 Å². The molecule has 0 fully saturated rings. The van der Waals surface area contributed by atoms with Gasteiger partial charge in [0.2, 0.25) is 0 Å². The van der Waals surface area contributed by atoms with Crippen molar-refractivity contribution in [3.63, 3.8) is 0 Å². The molecule has 0 amide bonds. The predicted octanol–water partition coefficient (Wildman–Crippen LogP) is 15.3. The second-order valence-electron chi connectivity index (χ2n) is 18.5. The lowest BCUT2D eigenvalue weighted by Gasteiger charge is -2.51. The molecule has 0 N–H and O–H groups in total. The van der Waals surface area contributed by atoms with E-state index in [9.17, 15) is 0 Å². The second-order valence-corrected chi connectivity index (χ2v) is 18.5. The van der Waals surface area contributed by atoms with Gasteiger partial charge in [0, 0.05) is 22.6 Å². The molecule has 0 saturated carbocycles. The maximum Gasteiger partial charge on any atom is 0.164 e. The van der Waals surface area contributed by atoms with Crippen LogP contribution in [0.25, 0.3) is 61.6 Å². The van der Waals surface area contributed by atoms with E-state index in [-0.39, 0.29) is 11.8 Å². The van der Waals surface area contributed by atoms with E-state index < -0.39 is 10.8 Å². The normalized spacial score (nSPS) is 17.4. The van der Waals surface area contributed by atoms with Gasteiger partial charge in [-0.1, -0.05) is 226 Å². The van der Waals surface area contributed by atoms with Crippen molar-refractivity contribution in [1.82, 2.24) is 15.0 Å². The zero-order valence-corrected chi connectivity index (χ0v) is 37.9. The Kier molecular flexibility index (Phi) is 9.07. The fraction of sp³-hybridized carbons (Fsp3) is 0.0923. The van der Waals surface area contributed by atoms with Crippen LogP contribution in [0.1, 0.15) is 57.9 Å². The van der Waals surface area contributed by atoms with Crippen molar-refractivity contribution in [1.29, 1.82) is 0 Å². The highest BCUT2D eigenvalue weighted by Crippen LogP contribution is 2.69. The Bertz CT molecular complexity index is 3580. The minimum absolute atomic E-state index is 0.0523. The summed E-state index contributed by atoms with van der Waals surface area (Å²) < 4.78 is 0. The van der Waals surface area contributed by atoms with Gasteiger partial charge in [-0.15, -0.1) is 0 Å². The Morgan fingerprint density at radius 3 is 1.71 bits per heavy atom. The van der Waals surface area contributed by atoms with Crippen molar-refractivity contribution >= 4 is 16.3 Å². The molecule has 2 spiro atoms. The third-order valence-electron chi connectivity index (χ3n) is 15.4. The molecule has 13 rings (SSSR count). The number of hydrogen-bond acceptors (Lipinski definition) is 3. The summed E-state index contributed by atoms with van der Waals surface area (Å²) in [5, 5.41) is 2.25. The molecule has 1 heterocycles. The van der Waals surface area contributed by atoms with E-state index in [1.165, 1.54) is 66.8 Å². The number of rotatable bonds is 7. The zero-order valence-electron chi connectivity index (χ0n) is 37.9.